The number of ketones is 3. The Bertz CT molecular complexity index is 999. The molecule has 0 amide bonds. The molecule has 18 N–H and O–H groups in total. The van der Waals surface area contributed by atoms with Gasteiger partial charge in [0.15, 0.2) is 30.9 Å². The molecule has 0 saturated carbocycles. The minimum Gasteiger partial charge on any atom is -0.363 e. The van der Waals surface area contributed by atoms with Crippen LogP contribution in [0.4, 0.5) is 0 Å². The molecule has 0 atom stereocenters. The number of hydrogen-bond acceptors (Lipinski definition) is 23. The molecule has 0 aromatic carbocycles. The zero-order valence-electron chi connectivity index (χ0n) is 28.5. The van der Waals surface area contributed by atoms with Crippen molar-refractivity contribution in [2.75, 3.05) is 0 Å². The number of aliphatic hydroxyl groups excluding tert-OH is 5. The van der Waals surface area contributed by atoms with E-state index in [1.54, 1.807) is 13.8 Å². The summed E-state index contributed by atoms with van der Waals surface area (Å²) in [5.74, 6) is 16.5. The number of hydrogen-bond donors (Lipinski definition) is 14. The third-order valence-corrected chi connectivity index (χ3v) is 4.03. The lowest BCUT2D eigenvalue weighted by atomic mass is 10.2. The van der Waals surface area contributed by atoms with E-state index in [4.69, 9.17) is 51.1 Å². The Hall–Kier alpha value is -3.85. The fourth-order valence-electron chi connectivity index (χ4n) is 1.36. The van der Waals surface area contributed by atoms with Gasteiger partial charge in [-0.1, -0.05) is 0 Å². The van der Waals surface area contributed by atoms with Gasteiger partial charge in [0.05, 0.1) is 29.3 Å². The summed E-state index contributed by atoms with van der Waals surface area (Å²) in [6.07, 6.45) is -7.58. The average molecular weight is 703 g/mol. The number of nitrogens with two attached hydrogens (primary N) is 4. The molecule has 0 aromatic heterocycles. The number of rotatable bonds is 11. The molecule has 0 aromatic rings. The van der Waals surface area contributed by atoms with Gasteiger partial charge in [-0.3, -0.25) is 26.1 Å². The van der Waals surface area contributed by atoms with Crippen LogP contribution in [0.3, 0.4) is 0 Å². The van der Waals surface area contributed by atoms with Crippen LogP contribution in [0.5, 0.6) is 0 Å². The van der Waals surface area contributed by atoms with Crippen molar-refractivity contribution in [1.82, 2.24) is 0 Å². The first-order chi connectivity index (χ1) is 21.9. The summed E-state index contributed by atoms with van der Waals surface area (Å²) in [7, 11) is 0. The molecule has 0 aliphatic rings. The highest BCUT2D eigenvalue weighted by Crippen LogP contribution is 1.96. The molecule has 0 rings (SSSR count). The van der Waals surface area contributed by atoms with Crippen LogP contribution in [-0.4, -0.2) is 134 Å². The molecule has 0 bridgehead atoms. The maximum absolute atomic E-state index is 10.0. The first kappa shape index (κ1) is 56.5. The lowest BCUT2D eigenvalue weighted by molar-refractivity contribution is -0.142. The average Bonchev–Trinajstić information content (AvgIpc) is 2.98. The predicted molar refractivity (Wildman–Crippen MR) is 178 cm³/mol. The molecular formula is C25H54N10O13. The van der Waals surface area contributed by atoms with Gasteiger partial charge in [0.1, 0.15) is 11.6 Å². The molecule has 282 valence electrons. The standard InChI is InChI=1S/C11H20N4O4.C5H8O2.2C3H8N2O2.C3H6O3.H4N2/c1-6(12-14-8(3)10(16)17)5-7(2)13-15-9(4)11(18)19;1-4(6)3-5(2)7;2*1-2(5-4)3(6)7;1-2(4)3(5)6;1-2/h10-11,16-19H,5H2,1-4H3;3H2,1-2H3;2*3,6-7H,4H2,1H3;3,5-6H,1H3;1-2H2/b12-6+,13-7+,14-8+,15-9+;;2*5-2-;;. The number of carbonyl (C=O) groups is 3. The third-order valence-electron chi connectivity index (χ3n) is 4.03. The number of aliphatic hydroxyl groups is 10. The number of carbonyl (C=O) groups excluding carboxylic acids is 3. The Morgan fingerprint density at radius 1 is 0.438 bits per heavy atom. The van der Waals surface area contributed by atoms with Gasteiger partial charge >= 0.3 is 0 Å². The van der Waals surface area contributed by atoms with Crippen LogP contribution in [0.2, 0.25) is 0 Å². The maximum Gasteiger partial charge on any atom is 0.212 e. The Morgan fingerprint density at radius 2 is 0.667 bits per heavy atom. The summed E-state index contributed by atoms with van der Waals surface area (Å²) in [6.45, 7) is 13.0. The van der Waals surface area contributed by atoms with Crippen molar-refractivity contribution in [3.63, 3.8) is 0 Å². The lowest BCUT2D eigenvalue weighted by Gasteiger charge is -2.01. The fourth-order valence-corrected chi connectivity index (χ4v) is 1.36. The number of Topliss-reactive ketones (excluding diaryl/α,β-unsaturated/α-hetero) is 3. The second-order valence-corrected chi connectivity index (χ2v) is 8.93. The highest BCUT2D eigenvalue weighted by atomic mass is 16.5. The second kappa shape index (κ2) is 36.0. The zero-order chi connectivity index (χ0) is 39.7. The van der Waals surface area contributed by atoms with Crippen molar-refractivity contribution in [3.05, 3.63) is 0 Å². The van der Waals surface area contributed by atoms with Crippen LogP contribution in [0.25, 0.3) is 0 Å². The van der Waals surface area contributed by atoms with E-state index in [2.05, 4.69) is 54.0 Å². The van der Waals surface area contributed by atoms with Gasteiger partial charge in [0.2, 0.25) is 6.29 Å². The Labute approximate surface area is 278 Å². The topological polar surface area (TPSA) is 432 Å². The van der Waals surface area contributed by atoms with Crippen LogP contribution in [-0.2, 0) is 14.4 Å². The van der Waals surface area contributed by atoms with Crippen LogP contribution < -0.4 is 23.4 Å². The highest BCUT2D eigenvalue weighted by Gasteiger charge is 2.03. The van der Waals surface area contributed by atoms with Gasteiger partial charge < -0.3 is 62.8 Å². The van der Waals surface area contributed by atoms with Crippen molar-refractivity contribution < 1.29 is 65.4 Å². The van der Waals surface area contributed by atoms with Crippen LogP contribution in [0, 0.1) is 0 Å². The highest BCUT2D eigenvalue weighted by molar-refractivity contribution is 6.02. The minimum atomic E-state index is -1.79. The molecular weight excluding hydrogens is 648 g/mol. The Balaban J connectivity index is -0.000000126. The van der Waals surface area contributed by atoms with Gasteiger partial charge in [0.25, 0.3) is 0 Å². The molecule has 0 heterocycles. The zero-order valence-corrected chi connectivity index (χ0v) is 28.5. The largest absolute Gasteiger partial charge is 0.363 e. The van der Waals surface area contributed by atoms with E-state index >= 15 is 0 Å². The van der Waals surface area contributed by atoms with Crippen LogP contribution in [0.1, 0.15) is 75.2 Å². The van der Waals surface area contributed by atoms with Crippen molar-refractivity contribution >= 4 is 51.6 Å². The molecule has 0 fully saturated rings. The minimum absolute atomic E-state index is 0.0625. The van der Waals surface area contributed by atoms with Gasteiger partial charge in [0, 0.05) is 17.8 Å². The number of nitrogens with zero attached hydrogens (tertiary/aromatic N) is 6. The van der Waals surface area contributed by atoms with Crippen molar-refractivity contribution in [2.45, 2.75) is 107 Å². The molecule has 0 unspecified atom stereocenters. The molecule has 0 aliphatic carbocycles. The summed E-state index contributed by atoms with van der Waals surface area (Å²) < 4.78 is 0. The van der Waals surface area contributed by atoms with E-state index in [-0.39, 0.29) is 40.8 Å². The quantitative estimate of drug-likeness (QED) is 0.0316. The Morgan fingerprint density at radius 3 is 0.771 bits per heavy atom. The summed E-state index contributed by atoms with van der Waals surface area (Å²) in [4.78, 5) is 29.7. The fraction of sp³-hybridized carbons (Fsp3) is 0.640. The monoisotopic (exact) mass is 702 g/mol. The molecule has 0 saturated heterocycles. The molecule has 23 nitrogen and oxygen atoms in total. The molecule has 0 radical (unpaired) electrons. The van der Waals surface area contributed by atoms with Gasteiger partial charge in [-0.25, -0.2) is 0 Å². The van der Waals surface area contributed by atoms with Gasteiger partial charge in [-0.2, -0.15) is 30.6 Å². The van der Waals surface area contributed by atoms with E-state index < -0.39 is 37.2 Å². The maximum atomic E-state index is 10.0. The Kier molecular flexibility index (Phi) is 42.4. The lowest BCUT2D eigenvalue weighted by Crippen LogP contribution is -2.17. The normalized spacial score (nSPS) is 12.5. The molecule has 23 heteroatoms. The first-order valence-corrected chi connectivity index (χ1v) is 13.1. The third kappa shape index (κ3) is 49.0. The van der Waals surface area contributed by atoms with Gasteiger partial charge in [-0.15, -0.1) is 0 Å². The van der Waals surface area contributed by atoms with Gasteiger partial charge in [-0.05, 0) is 62.3 Å². The van der Waals surface area contributed by atoms with Crippen molar-refractivity contribution in [3.8, 4) is 0 Å². The van der Waals surface area contributed by atoms with E-state index in [9.17, 15) is 14.4 Å². The second-order valence-electron chi connectivity index (χ2n) is 8.93. The molecule has 0 aliphatic heterocycles. The van der Waals surface area contributed by atoms with E-state index in [1.165, 1.54) is 41.5 Å². The molecule has 0 spiro atoms. The van der Waals surface area contributed by atoms with E-state index in [1.807, 2.05) is 0 Å². The SMILES string of the molecule is C/C(=N/N)C(O)O.C/C(=N/N)C(O)O.C/C(C/C(C)=N/N=C(\C)C(O)O)=N\N=C(/C)C(O)O.CC(=O)C(O)O.CC(=O)CC(C)=O.NN. The van der Waals surface area contributed by atoms with Crippen LogP contribution >= 0.6 is 0 Å². The van der Waals surface area contributed by atoms with E-state index in [0.717, 1.165) is 6.92 Å². The van der Waals surface area contributed by atoms with Crippen molar-refractivity contribution in [1.29, 1.82) is 0 Å². The smallest absolute Gasteiger partial charge is 0.212 e. The van der Waals surface area contributed by atoms with Crippen LogP contribution in [0.15, 0.2) is 30.6 Å². The predicted octanol–water partition coefficient (Wildman–Crippen LogP) is -4.81. The summed E-state index contributed by atoms with van der Waals surface area (Å²) >= 11 is 0. The first-order valence-electron chi connectivity index (χ1n) is 13.1. The summed E-state index contributed by atoms with van der Waals surface area (Å²) in [5.41, 5.74) is 1.62. The molecule has 48 heavy (non-hydrogen) atoms. The summed E-state index contributed by atoms with van der Waals surface area (Å²) in [5, 5.41) is 104. The van der Waals surface area contributed by atoms with E-state index in [0.29, 0.717) is 17.8 Å². The summed E-state index contributed by atoms with van der Waals surface area (Å²) in [6, 6.07) is 0. The van der Waals surface area contributed by atoms with Crippen molar-refractivity contribution in [2.24, 2.45) is 54.0 Å². The number of hydrazone groups is 2. The number of hydrazine groups is 1.